The fourth-order valence-electron chi connectivity index (χ4n) is 3.56. The van der Waals surface area contributed by atoms with Crippen molar-refractivity contribution in [1.82, 2.24) is 4.90 Å². The number of carbonyl (C=O) groups is 1. The minimum atomic E-state index is -0.170. The average Bonchev–Trinajstić information content (AvgIpc) is 2.61. The smallest absolute Gasteiger partial charge is 0.254 e. The molecule has 2 aliphatic rings. The Morgan fingerprint density at radius 2 is 1.88 bits per heavy atom. The molecule has 2 heterocycles. The fourth-order valence-corrected chi connectivity index (χ4v) is 3.56. The molecule has 2 atom stereocenters. The summed E-state index contributed by atoms with van der Waals surface area (Å²) >= 11 is 0. The van der Waals surface area contributed by atoms with Gasteiger partial charge in [-0.05, 0) is 50.5 Å². The first kappa shape index (κ1) is 17.2. The van der Waals surface area contributed by atoms with Crippen molar-refractivity contribution in [3.63, 3.8) is 0 Å². The molecule has 2 unspecified atom stereocenters. The number of ether oxygens (including phenoxy) is 1. The molecule has 2 aliphatic heterocycles. The van der Waals surface area contributed by atoms with Crippen LogP contribution in [0.1, 0.15) is 43.5 Å². The van der Waals surface area contributed by atoms with Gasteiger partial charge in [-0.2, -0.15) is 0 Å². The van der Waals surface area contributed by atoms with Crippen LogP contribution >= 0.6 is 0 Å². The Morgan fingerprint density at radius 1 is 1.21 bits per heavy atom. The number of rotatable bonds is 3. The van der Waals surface area contributed by atoms with E-state index < -0.39 is 0 Å². The summed E-state index contributed by atoms with van der Waals surface area (Å²) in [5.41, 5.74) is 1.86. The summed E-state index contributed by atoms with van der Waals surface area (Å²) < 4.78 is 5.84. The molecule has 1 amide bonds. The molecule has 132 valence electrons. The average molecular weight is 332 g/mol. The SMILES string of the molecule is CCC1CN(C(=O)c2ccc(N3CCC(O)CC3)cc2)CC(C)O1. The third-order valence-electron chi connectivity index (χ3n) is 5.01. The molecular formula is C19H28N2O3. The van der Waals surface area contributed by atoms with Gasteiger partial charge in [0, 0.05) is 37.4 Å². The molecule has 0 aliphatic carbocycles. The van der Waals surface area contributed by atoms with Crippen molar-refractivity contribution in [2.75, 3.05) is 31.1 Å². The Morgan fingerprint density at radius 3 is 2.50 bits per heavy atom. The van der Waals surface area contributed by atoms with Crippen molar-refractivity contribution in [3.05, 3.63) is 29.8 Å². The monoisotopic (exact) mass is 332 g/mol. The summed E-state index contributed by atoms with van der Waals surface area (Å²) in [6, 6.07) is 7.88. The van der Waals surface area contributed by atoms with Gasteiger partial charge in [0.2, 0.25) is 0 Å². The quantitative estimate of drug-likeness (QED) is 0.923. The van der Waals surface area contributed by atoms with E-state index in [1.165, 1.54) is 0 Å². The second-order valence-electron chi connectivity index (χ2n) is 6.95. The van der Waals surface area contributed by atoms with Crippen molar-refractivity contribution >= 4 is 11.6 Å². The molecule has 24 heavy (non-hydrogen) atoms. The van der Waals surface area contributed by atoms with Crippen LogP contribution < -0.4 is 4.90 Å². The van der Waals surface area contributed by atoms with E-state index in [1.807, 2.05) is 36.1 Å². The normalized spacial score (nSPS) is 25.8. The van der Waals surface area contributed by atoms with E-state index >= 15 is 0 Å². The fraction of sp³-hybridized carbons (Fsp3) is 0.632. The van der Waals surface area contributed by atoms with Gasteiger partial charge in [-0.25, -0.2) is 0 Å². The molecule has 0 radical (unpaired) electrons. The van der Waals surface area contributed by atoms with E-state index in [9.17, 15) is 9.90 Å². The Bertz CT molecular complexity index is 552. The molecule has 1 N–H and O–H groups in total. The zero-order chi connectivity index (χ0) is 17.1. The van der Waals surface area contributed by atoms with Crippen LogP contribution in [0.4, 0.5) is 5.69 Å². The highest BCUT2D eigenvalue weighted by atomic mass is 16.5. The van der Waals surface area contributed by atoms with Crippen LogP contribution in [0.2, 0.25) is 0 Å². The number of carbonyl (C=O) groups excluding carboxylic acids is 1. The molecule has 5 heteroatoms. The number of morpholine rings is 1. The molecule has 0 spiro atoms. The highest BCUT2D eigenvalue weighted by molar-refractivity contribution is 5.94. The van der Waals surface area contributed by atoms with Crippen molar-refractivity contribution in [2.24, 2.45) is 0 Å². The van der Waals surface area contributed by atoms with Gasteiger partial charge in [-0.1, -0.05) is 6.92 Å². The highest BCUT2D eigenvalue weighted by Crippen LogP contribution is 2.22. The molecular weight excluding hydrogens is 304 g/mol. The minimum Gasteiger partial charge on any atom is -0.393 e. The van der Waals surface area contributed by atoms with Gasteiger partial charge in [-0.15, -0.1) is 0 Å². The third-order valence-corrected chi connectivity index (χ3v) is 5.01. The first-order chi connectivity index (χ1) is 11.6. The first-order valence-electron chi connectivity index (χ1n) is 9.04. The molecule has 5 nitrogen and oxygen atoms in total. The molecule has 1 aromatic carbocycles. The Hall–Kier alpha value is -1.59. The predicted octanol–water partition coefficient (Wildman–Crippen LogP) is 2.29. The number of piperidine rings is 1. The molecule has 0 saturated carbocycles. The lowest BCUT2D eigenvalue weighted by Gasteiger charge is -2.36. The minimum absolute atomic E-state index is 0.0872. The van der Waals surface area contributed by atoms with Crippen molar-refractivity contribution < 1.29 is 14.6 Å². The standard InChI is InChI=1S/C19H28N2O3/c1-3-18-13-21(12-14(2)24-18)19(23)15-4-6-16(7-5-15)20-10-8-17(22)9-11-20/h4-7,14,17-18,22H,3,8-13H2,1-2H3. The zero-order valence-electron chi connectivity index (χ0n) is 14.6. The highest BCUT2D eigenvalue weighted by Gasteiger charge is 2.28. The van der Waals surface area contributed by atoms with Gasteiger partial charge in [0.05, 0.1) is 18.3 Å². The van der Waals surface area contributed by atoms with E-state index in [1.54, 1.807) is 0 Å². The lowest BCUT2D eigenvalue weighted by molar-refractivity contribution is -0.0681. The van der Waals surface area contributed by atoms with E-state index in [4.69, 9.17) is 4.74 Å². The van der Waals surface area contributed by atoms with Crippen molar-refractivity contribution in [1.29, 1.82) is 0 Å². The number of nitrogens with zero attached hydrogens (tertiary/aromatic N) is 2. The molecule has 2 saturated heterocycles. The van der Waals surface area contributed by atoms with Crippen LogP contribution in [-0.4, -0.2) is 60.4 Å². The van der Waals surface area contributed by atoms with Gasteiger partial charge >= 0.3 is 0 Å². The summed E-state index contributed by atoms with van der Waals surface area (Å²) in [6.45, 7) is 7.18. The topological polar surface area (TPSA) is 53.0 Å². The predicted molar refractivity (Wildman–Crippen MR) is 94.4 cm³/mol. The number of amides is 1. The van der Waals surface area contributed by atoms with Gasteiger partial charge in [-0.3, -0.25) is 4.79 Å². The van der Waals surface area contributed by atoms with Gasteiger partial charge < -0.3 is 19.6 Å². The summed E-state index contributed by atoms with van der Waals surface area (Å²) in [4.78, 5) is 16.9. The first-order valence-corrected chi connectivity index (χ1v) is 9.04. The van der Waals surface area contributed by atoms with Crippen molar-refractivity contribution in [3.8, 4) is 0 Å². The van der Waals surface area contributed by atoms with E-state index in [0.29, 0.717) is 13.1 Å². The molecule has 0 bridgehead atoms. The number of aliphatic hydroxyl groups excluding tert-OH is 1. The van der Waals surface area contributed by atoms with Crippen LogP contribution in [0.3, 0.4) is 0 Å². The van der Waals surface area contributed by atoms with E-state index in [0.717, 1.165) is 43.6 Å². The summed E-state index contributed by atoms with van der Waals surface area (Å²) in [7, 11) is 0. The molecule has 0 aromatic heterocycles. The van der Waals surface area contributed by atoms with Crippen LogP contribution in [0.15, 0.2) is 24.3 Å². The Kier molecular flexibility index (Phi) is 5.41. The largest absolute Gasteiger partial charge is 0.393 e. The summed E-state index contributed by atoms with van der Waals surface area (Å²) in [5.74, 6) is 0.0872. The summed E-state index contributed by atoms with van der Waals surface area (Å²) in [6.07, 6.45) is 2.60. The maximum atomic E-state index is 12.8. The lowest BCUT2D eigenvalue weighted by atomic mass is 10.1. The van der Waals surface area contributed by atoms with Crippen LogP contribution in [0.5, 0.6) is 0 Å². The summed E-state index contributed by atoms with van der Waals surface area (Å²) in [5, 5.41) is 9.61. The molecule has 3 rings (SSSR count). The zero-order valence-corrected chi connectivity index (χ0v) is 14.6. The number of hydrogen-bond acceptors (Lipinski definition) is 4. The Balaban J connectivity index is 1.65. The van der Waals surface area contributed by atoms with Crippen LogP contribution in [0.25, 0.3) is 0 Å². The Labute approximate surface area is 144 Å². The van der Waals surface area contributed by atoms with Crippen LogP contribution in [0, 0.1) is 0 Å². The van der Waals surface area contributed by atoms with E-state index in [-0.39, 0.29) is 24.2 Å². The lowest BCUT2D eigenvalue weighted by Crippen LogP contribution is -2.49. The number of hydrogen-bond donors (Lipinski definition) is 1. The van der Waals surface area contributed by atoms with Crippen LogP contribution in [-0.2, 0) is 4.74 Å². The molecule has 1 aromatic rings. The van der Waals surface area contributed by atoms with Crippen molar-refractivity contribution in [2.45, 2.75) is 51.4 Å². The maximum Gasteiger partial charge on any atom is 0.254 e. The van der Waals surface area contributed by atoms with E-state index in [2.05, 4.69) is 11.8 Å². The number of anilines is 1. The maximum absolute atomic E-state index is 12.8. The second kappa shape index (κ2) is 7.53. The third kappa shape index (κ3) is 3.90. The van der Waals surface area contributed by atoms with Gasteiger partial charge in [0.25, 0.3) is 5.91 Å². The van der Waals surface area contributed by atoms with Gasteiger partial charge in [0.15, 0.2) is 0 Å². The number of aliphatic hydroxyl groups is 1. The van der Waals surface area contributed by atoms with Gasteiger partial charge in [0.1, 0.15) is 0 Å². The molecule has 2 fully saturated rings. The number of benzene rings is 1. The second-order valence-corrected chi connectivity index (χ2v) is 6.95.